The lowest BCUT2D eigenvalue weighted by Crippen LogP contribution is -2.30. The molecule has 0 aromatic carbocycles. The predicted octanol–water partition coefficient (Wildman–Crippen LogP) is 3.49. The Hall–Kier alpha value is -2.47. The number of aromatic nitrogens is 3. The minimum atomic E-state index is -0.385. The standard InChI is InChI=1S/C16H12ClFN4O/c17-10-5-12(8-19-6-10)22-4-3-15-14(9-22)21-16(23-15)13-2-1-11(18)7-20-13/h1-2,5-8H,3-4,9H2. The summed E-state index contributed by atoms with van der Waals surface area (Å²) in [6.07, 6.45) is 5.27. The molecule has 4 rings (SSSR count). The lowest BCUT2D eigenvalue weighted by atomic mass is 10.1. The molecule has 1 aliphatic heterocycles. The number of halogens is 2. The topological polar surface area (TPSA) is 55.1 Å². The zero-order chi connectivity index (χ0) is 15.8. The molecule has 116 valence electrons. The summed E-state index contributed by atoms with van der Waals surface area (Å²) in [5, 5.41) is 0.602. The number of oxazole rings is 1. The van der Waals surface area contributed by atoms with E-state index in [-0.39, 0.29) is 5.82 Å². The summed E-state index contributed by atoms with van der Waals surface area (Å²) in [5.41, 5.74) is 2.33. The second-order valence-corrected chi connectivity index (χ2v) is 5.72. The highest BCUT2D eigenvalue weighted by Crippen LogP contribution is 2.28. The molecule has 0 spiro atoms. The molecule has 0 saturated heterocycles. The molecule has 3 aromatic rings. The number of nitrogens with zero attached hydrogens (tertiary/aromatic N) is 4. The number of hydrogen-bond donors (Lipinski definition) is 0. The van der Waals surface area contributed by atoms with Gasteiger partial charge in [0, 0.05) is 19.2 Å². The van der Waals surface area contributed by atoms with Gasteiger partial charge in [-0.25, -0.2) is 14.4 Å². The highest BCUT2D eigenvalue weighted by atomic mass is 35.5. The molecule has 0 atom stereocenters. The van der Waals surface area contributed by atoms with Crippen molar-refractivity contribution in [3.63, 3.8) is 0 Å². The fraction of sp³-hybridized carbons (Fsp3) is 0.188. The molecular weight excluding hydrogens is 319 g/mol. The summed E-state index contributed by atoms with van der Waals surface area (Å²) in [6, 6.07) is 4.78. The van der Waals surface area contributed by atoms with Gasteiger partial charge in [-0.15, -0.1) is 0 Å². The first-order valence-electron chi connectivity index (χ1n) is 7.15. The van der Waals surface area contributed by atoms with E-state index in [1.54, 1.807) is 18.5 Å². The Morgan fingerprint density at radius 2 is 2.13 bits per heavy atom. The Kier molecular flexibility index (Phi) is 3.46. The molecule has 5 nitrogen and oxygen atoms in total. The van der Waals surface area contributed by atoms with Crippen molar-refractivity contribution >= 4 is 17.3 Å². The van der Waals surface area contributed by atoms with Crippen LogP contribution in [0.2, 0.25) is 5.02 Å². The minimum absolute atomic E-state index is 0.385. The number of anilines is 1. The number of rotatable bonds is 2. The van der Waals surface area contributed by atoms with Crippen molar-refractivity contribution in [3.8, 4) is 11.6 Å². The van der Waals surface area contributed by atoms with Crippen LogP contribution in [0.15, 0.2) is 41.2 Å². The van der Waals surface area contributed by atoms with E-state index in [0.717, 1.165) is 36.3 Å². The van der Waals surface area contributed by atoms with Gasteiger partial charge in [0.15, 0.2) is 0 Å². The molecule has 0 bridgehead atoms. The molecule has 0 unspecified atom stereocenters. The van der Waals surface area contributed by atoms with Crippen molar-refractivity contribution < 1.29 is 8.81 Å². The van der Waals surface area contributed by atoms with E-state index in [1.165, 1.54) is 6.07 Å². The Morgan fingerprint density at radius 1 is 1.22 bits per heavy atom. The van der Waals surface area contributed by atoms with Crippen LogP contribution in [-0.2, 0) is 13.0 Å². The van der Waals surface area contributed by atoms with Crippen LogP contribution in [0.1, 0.15) is 11.5 Å². The minimum Gasteiger partial charge on any atom is -0.439 e. The molecule has 3 aromatic heterocycles. The van der Waals surface area contributed by atoms with Crippen LogP contribution < -0.4 is 4.90 Å². The highest BCUT2D eigenvalue weighted by Gasteiger charge is 2.23. The molecule has 4 heterocycles. The fourth-order valence-corrected chi connectivity index (χ4v) is 2.77. The molecular formula is C16H12ClFN4O. The van der Waals surface area contributed by atoms with E-state index in [4.69, 9.17) is 16.0 Å². The van der Waals surface area contributed by atoms with Crippen LogP contribution in [0.5, 0.6) is 0 Å². The first-order chi connectivity index (χ1) is 11.2. The first-order valence-corrected chi connectivity index (χ1v) is 7.53. The Bertz CT molecular complexity index is 850. The Labute approximate surface area is 136 Å². The van der Waals surface area contributed by atoms with Gasteiger partial charge in [0.05, 0.1) is 29.6 Å². The summed E-state index contributed by atoms with van der Waals surface area (Å²) in [5.74, 6) is 0.878. The third-order valence-corrected chi connectivity index (χ3v) is 3.94. The van der Waals surface area contributed by atoms with Crippen LogP contribution in [0.3, 0.4) is 0 Å². The molecule has 0 fully saturated rings. The average Bonchev–Trinajstić information content (AvgIpc) is 2.98. The van der Waals surface area contributed by atoms with Crippen molar-refractivity contribution in [1.82, 2.24) is 15.0 Å². The molecule has 0 aliphatic carbocycles. The maximum absolute atomic E-state index is 13.0. The van der Waals surface area contributed by atoms with Gasteiger partial charge in [-0.05, 0) is 18.2 Å². The number of fused-ring (bicyclic) bond motifs is 1. The summed E-state index contributed by atoms with van der Waals surface area (Å²) in [4.78, 5) is 14.8. The van der Waals surface area contributed by atoms with E-state index in [2.05, 4.69) is 19.9 Å². The number of hydrogen-bond acceptors (Lipinski definition) is 5. The van der Waals surface area contributed by atoms with Crippen molar-refractivity contribution in [2.45, 2.75) is 13.0 Å². The summed E-state index contributed by atoms with van der Waals surface area (Å²) >= 11 is 6.00. The molecule has 23 heavy (non-hydrogen) atoms. The van der Waals surface area contributed by atoms with Gasteiger partial charge in [-0.2, -0.15) is 0 Å². The van der Waals surface area contributed by atoms with Crippen LogP contribution in [-0.4, -0.2) is 21.5 Å². The monoisotopic (exact) mass is 330 g/mol. The van der Waals surface area contributed by atoms with Crippen LogP contribution >= 0.6 is 11.6 Å². The van der Waals surface area contributed by atoms with Gasteiger partial charge in [0.25, 0.3) is 0 Å². The van der Waals surface area contributed by atoms with Crippen LogP contribution in [0, 0.1) is 5.82 Å². The van der Waals surface area contributed by atoms with E-state index in [1.807, 2.05) is 6.07 Å². The van der Waals surface area contributed by atoms with Crippen molar-refractivity contribution in [1.29, 1.82) is 0 Å². The average molecular weight is 331 g/mol. The maximum Gasteiger partial charge on any atom is 0.245 e. The summed E-state index contributed by atoms with van der Waals surface area (Å²) in [6.45, 7) is 1.41. The van der Waals surface area contributed by atoms with Gasteiger partial charge >= 0.3 is 0 Å². The quantitative estimate of drug-likeness (QED) is 0.720. The maximum atomic E-state index is 13.0. The lowest BCUT2D eigenvalue weighted by molar-refractivity contribution is 0.497. The Morgan fingerprint density at radius 3 is 2.91 bits per heavy atom. The van der Waals surface area contributed by atoms with Gasteiger partial charge < -0.3 is 9.32 Å². The molecule has 0 radical (unpaired) electrons. The molecule has 7 heteroatoms. The van der Waals surface area contributed by atoms with E-state index in [9.17, 15) is 4.39 Å². The van der Waals surface area contributed by atoms with Crippen molar-refractivity contribution in [2.75, 3.05) is 11.4 Å². The lowest BCUT2D eigenvalue weighted by Gasteiger charge is -2.27. The van der Waals surface area contributed by atoms with E-state index < -0.39 is 0 Å². The highest BCUT2D eigenvalue weighted by molar-refractivity contribution is 6.30. The van der Waals surface area contributed by atoms with Gasteiger partial charge in [0.1, 0.15) is 23.0 Å². The molecule has 1 aliphatic rings. The number of pyridine rings is 2. The third-order valence-electron chi connectivity index (χ3n) is 3.73. The molecule has 0 saturated carbocycles. The van der Waals surface area contributed by atoms with Crippen molar-refractivity contribution in [3.05, 3.63) is 59.1 Å². The van der Waals surface area contributed by atoms with Gasteiger partial charge in [0.2, 0.25) is 5.89 Å². The summed E-state index contributed by atoms with van der Waals surface area (Å²) in [7, 11) is 0. The summed E-state index contributed by atoms with van der Waals surface area (Å²) < 4.78 is 18.7. The Balaban J connectivity index is 1.62. The molecule has 0 N–H and O–H groups in total. The van der Waals surface area contributed by atoms with Gasteiger partial charge in [-0.3, -0.25) is 4.98 Å². The normalized spacial score (nSPS) is 13.9. The zero-order valence-corrected chi connectivity index (χ0v) is 12.8. The molecule has 0 amide bonds. The van der Waals surface area contributed by atoms with E-state index >= 15 is 0 Å². The van der Waals surface area contributed by atoms with Gasteiger partial charge in [-0.1, -0.05) is 11.6 Å². The second-order valence-electron chi connectivity index (χ2n) is 5.28. The fourth-order valence-electron chi connectivity index (χ4n) is 2.60. The van der Waals surface area contributed by atoms with Crippen molar-refractivity contribution in [2.24, 2.45) is 0 Å². The largest absolute Gasteiger partial charge is 0.439 e. The first kappa shape index (κ1) is 14.1. The zero-order valence-electron chi connectivity index (χ0n) is 12.0. The predicted molar refractivity (Wildman–Crippen MR) is 83.7 cm³/mol. The van der Waals surface area contributed by atoms with Crippen LogP contribution in [0.4, 0.5) is 10.1 Å². The van der Waals surface area contributed by atoms with Crippen LogP contribution in [0.25, 0.3) is 11.6 Å². The second kappa shape index (κ2) is 5.62. The SMILES string of the molecule is Fc1ccc(-c2nc3c(o2)CCN(c2cncc(Cl)c2)C3)nc1. The smallest absolute Gasteiger partial charge is 0.245 e. The van der Waals surface area contributed by atoms with E-state index in [0.29, 0.717) is 23.2 Å². The third kappa shape index (κ3) is 2.77.